The summed E-state index contributed by atoms with van der Waals surface area (Å²) in [5.74, 6) is 0.339. The van der Waals surface area contributed by atoms with E-state index in [9.17, 15) is 9.59 Å². The number of methoxy groups -OCH3 is 2. The molecule has 1 aromatic rings. The Morgan fingerprint density at radius 1 is 1.09 bits per heavy atom. The second-order valence-corrected chi connectivity index (χ2v) is 5.25. The van der Waals surface area contributed by atoms with E-state index in [1.54, 1.807) is 12.1 Å². The highest BCUT2D eigenvalue weighted by atomic mass is 16.5. The second kappa shape index (κ2) is 8.26. The van der Waals surface area contributed by atoms with Crippen LogP contribution in [-0.2, 0) is 9.53 Å². The molecule has 0 saturated heterocycles. The molecule has 1 aromatic carbocycles. The first-order chi connectivity index (χ1) is 10.4. The first-order valence-corrected chi connectivity index (χ1v) is 7.07. The van der Waals surface area contributed by atoms with Gasteiger partial charge in [-0.25, -0.2) is 4.79 Å². The minimum Gasteiger partial charge on any atom is -0.493 e. The second-order valence-electron chi connectivity index (χ2n) is 5.25. The Kier molecular flexibility index (Phi) is 6.69. The predicted octanol–water partition coefficient (Wildman–Crippen LogP) is 2.02. The van der Waals surface area contributed by atoms with Crippen LogP contribution in [-0.4, -0.2) is 38.7 Å². The number of benzene rings is 1. The van der Waals surface area contributed by atoms with Gasteiger partial charge in [0.25, 0.3) is 5.91 Å². The molecule has 0 bridgehead atoms. The lowest BCUT2D eigenvalue weighted by Gasteiger charge is -2.17. The highest BCUT2D eigenvalue weighted by Crippen LogP contribution is 2.27. The lowest BCUT2D eigenvalue weighted by atomic mass is 10.1. The van der Waals surface area contributed by atoms with Crippen molar-refractivity contribution in [3.63, 3.8) is 0 Å². The highest BCUT2D eigenvalue weighted by Gasteiger charge is 2.15. The molecule has 0 heterocycles. The largest absolute Gasteiger partial charge is 0.493 e. The molecule has 1 rings (SSSR count). The molecule has 0 saturated carbocycles. The Balaban J connectivity index is 2.60. The van der Waals surface area contributed by atoms with Crippen molar-refractivity contribution in [1.29, 1.82) is 0 Å². The van der Waals surface area contributed by atoms with Gasteiger partial charge in [0, 0.05) is 6.04 Å². The topological polar surface area (TPSA) is 73.9 Å². The van der Waals surface area contributed by atoms with Crippen LogP contribution in [0.15, 0.2) is 18.2 Å². The van der Waals surface area contributed by atoms with Crippen LogP contribution in [0.1, 0.15) is 31.1 Å². The Labute approximate surface area is 130 Å². The van der Waals surface area contributed by atoms with Gasteiger partial charge < -0.3 is 19.5 Å². The molecule has 0 aliphatic rings. The SMILES string of the molecule is COc1ccc(C(=O)OCC(=O)N[C@@H](C)C(C)C)cc1OC. The molecule has 0 fully saturated rings. The van der Waals surface area contributed by atoms with Crippen molar-refractivity contribution < 1.29 is 23.8 Å². The van der Waals surface area contributed by atoms with Crippen LogP contribution in [0.3, 0.4) is 0 Å². The number of amides is 1. The summed E-state index contributed by atoms with van der Waals surface area (Å²) in [6, 6.07) is 4.69. The van der Waals surface area contributed by atoms with Crippen molar-refractivity contribution in [2.45, 2.75) is 26.8 Å². The lowest BCUT2D eigenvalue weighted by molar-refractivity contribution is -0.125. The van der Waals surface area contributed by atoms with Gasteiger partial charge in [0.05, 0.1) is 19.8 Å². The van der Waals surface area contributed by atoms with E-state index in [4.69, 9.17) is 14.2 Å². The molecular weight excluding hydrogens is 286 g/mol. The third kappa shape index (κ3) is 4.95. The molecule has 0 radical (unpaired) electrons. The number of hydrogen-bond acceptors (Lipinski definition) is 5. The molecular formula is C16H23NO5. The monoisotopic (exact) mass is 309 g/mol. The zero-order valence-corrected chi connectivity index (χ0v) is 13.6. The fourth-order valence-corrected chi connectivity index (χ4v) is 1.64. The van der Waals surface area contributed by atoms with Gasteiger partial charge in [-0.1, -0.05) is 13.8 Å². The van der Waals surface area contributed by atoms with Crippen molar-refractivity contribution in [1.82, 2.24) is 5.32 Å². The molecule has 122 valence electrons. The van der Waals surface area contributed by atoms with E-state index in [0.29, 0.717) is 23.0 Å². The van der Waals surface area contributed by atoms with E-state index in [1.807, 2.05) is 20.8 Å². The number of carbonyl (C=O) groups excluding carboxylic acids is 2. The summed E-state index contributed by atoms with van der Waals surface area (Å²) in [7, 11) is 2.99. The maximum atomic E-state index is 11.9. The van der Waals surface area contributed by atoms with Crippen LogP contribution in [0.4, 0.5) is 0 Å². The molecule has 0 aliphatic carbocycles. The highest BCUT2D eigenvalue weighted by molar-refractivity contribution is 5.92. The number of hydrogen-bond donors (Lipinski definition) is 1. The summed E-state index contributed by atoms with van der Waals surface area (Å²) in [5.41, 5.74) is 0.294. The molecule has 0 spiro atoms. The molecule has 0 unspecified atom stereocenters. The Morgan fingerprint density at radius 3 is 2.27 bits per heavy atom. The smallest absolute Gasteiger partial charge is 0.338 e. The molecule has 1 amide bonds. The molecule has 6 nitrogen and oxygen atoms in total. The number of rotatable bonds is 7. The number of carbonyl (C=O) groups is 2. The van der Waals surface area contributed by atoms with E-state index in [2.05, 4.69) is 5.32 Å². The summed E-state index contributed by atoms with van der Waals surface area (Å²) in [4.78, 5) is 23.6. The van der Waals surface area contributed by atoms with E-state index in [-0.39, 0.29) is 18.6 Å². The Morgan fingerprint density at radius 2 is 1.73 bits per heavy atom. The summed E-state index contributed by atoms with van der Waals surface area (Å²) in [5, 5.41) is 2.77. The lowest BCUT2D eigenvalue weighted by Crippen LogP contribution is -2.38. The van der Waals surface area contributed by atoms with Gasteiger partial charge in [0.15, 0.2) is 18.1 Å². The maximum absolute atomic E-state index is 11.9. The van der Waals surface area contributed by atoms with Crippen molar-refractivity contribution in [3.05, 3.63) is 23.8 Å². The van der Waals surface area contributed by atoms with Crippen LogP contribution < -0.4 is 14.8 Å². The van der Waals surface area contributed by atoms with Crippen molar-refractivity contribution in [2.75, 3.05) is 20.8 Å². The molecule has 1 N–H and O–H groups in total. The molecule has 1 atom stereocenters. The fraction of sp³-hybridized carbons (Fsp3) is 0.500. The summed E-state index contributed by atoms with van der Waals surface area (Å²) in [6.07, 6.45) is 0. The maximum Gasteiger partial charge on any atom is 0.338 e. The Bertz CT molecular complexity index is 527. The van der Waals surface area contributed by atoms with Crippen LogP contribution in [0.2, 0.25) is 0 Å². The standard InChI is InChI=1S/C16H23NO5/c1-10(2)11(3)17-15(18)9-22-16(19)12-6-7-13(20-4)14(8-12)21-5/h6-8,10-11H,9H2,1-5H3,(H,17,18)/t11-/m0/s1. The average Bonchev–Trinajstić information content (AvgIpc) is 2.51. The summed E-state index contributed by atoms with van der Waals surface area (Å²) in [6.45, 7) is 5.59. The van der Waals surface area contributed by atoms with Crippen molar-refractivity contribution >= 4 is 11.9 Å². The molecule has 6 heteroatoms. The minimum atomic E-state index is -0.590. The van der Waals surface area contributed by atoms with Crippen LogP contribution in [0.25, 0.3) is 0 Å². The van der Waals surface area contributed by atoms with E-state index >= 15 is 0 Å². The van der Waals surface area contributed by atoms with Crippen molar-refractivity contribution in [3.8, 4) is 11.5 Å². The van der Waals surface area contributed by atoms with E-state index < -0.39 is 5.97 Å². The number of nitrogens with one attached hydrogen (secondary N) is 1. The first kappa shape index (κ1) is 17.8. The predicted molar refractivity (Wildman–Crippen MR) is 82.3 cm³/mol. The molecule has 0 aromatic heterocycles. The Hall–Kier alpha value is -2.24. The van der Waals surface area contributed by atoms with Gasteiger partial charge in [-0.2, -0.15) is 0 Å². The van der Waals surface area contributed by atoms with Gasteiger partial charge in [-0.05, 0) is 31.0 Å². The average molecular weight is 309 g/mol. The van der Waals surface area contributed by atoms with Gasteiger partial charge in [0.2, 0.25) is 0 Å². The van der Waals surface area contributed by atoms with E-state index in [0.717, 1.165) is 0 Å². The third-order valence-corrected chi connectivity index (χ3v) is 3.34. The van der Waals surface area contributed by atoms with Gasteiger partial charge in [-0.15, -0.1) is 0 Å². The van der Waals surface area contributed by atoms with Crippen molar-refractivity contribution in [2.24, 2.45) is 5.92 Å². The van der Waals surface area contributed by atoms with Gasteiger partial charge >= 0.3 is 5.97 Å². The zero-order chi connectivity index (χ0) is 16.7. The van der Waals surface area contributed by atoms with Crippen LogP contribution >= 0.6 is 0 Å². The van der Waals surface area contributed by atoms with Gasteiger partial charge in [0.1, 0.15) is 0 Å². The number of esters is 1. The number of ether oxygens (including phenoxy) is 3. The van der Waals surface area contributed by atoms with Gasteiger partial charge in [-0.3, -0.25) is 4.79 Å². The fourth-order valence-electron chi connectivity index (χ4n) is 1.64. The molecule has 22 heavy (non-hydrogen) atoms. The quantitative estimate of drug-likeness (QED) is 0.780. The van der Waals surface area contributed by atoms with E-state index in [1.165, 1.54) is 20.3 Å². The van der Waals surface area contributed by atoms with Crippen LogP contribution in [0, 0.1) is 5.92 Å². The summed E-state index contributed by atoms with van der Waals surface area (Å²) >= 11 is 0. The molecule has 0 aliphatic heterocycles. The first-order valence-electron chi connectivity index (χ1n) is 7.07. The minimum absolute atomic E-state index is 0.0206. The zero-order valence-electron chi connectivity index (χ0n) is 13.6. The normalized spacial score (nSPS) is 11.7. The van der Waals surface area contributed by atoms with Crippen LogP contribution in [0.5, 0.6) is 11.5 Å². The third-order valence-electron chi connectivity index (χ3n) is 3.34. The summed E-state index contributed by atoms with van der Waals surface area (Å²) < 4.78 is 15.2.